The van der Waals surface area contributed by atoms with Gasteiger partial charge in [0.15, 0.2) is 0 Å². The molecule has 2 fully saturated rings. The van der Waals surface area contributed by atoms with Crippen LogP contribution in [0.15, 0.2) is 48.5 Å². The Hall–Kier alpha value is -3.68. The summed E-state index contributed by atoms with van der Waals surface area (Å²) in [5.41, 5.74) is 1.06. The van der Waals surface area contributed by atoms with Crippen LogP contribution in [0.3, 0.4) is 0 Å². The zero-order valence-electron chi connectivity index (χ0n) is 17.1. The second-order valence-corrected chi connectivity index (χ2v) is 7.37. The summed E-state index contributed by atoms with van der Waals surface area (Å²) in [7, 11) is 0. The van der Waals surface area contributed by atoms with Crippen molar-refractivity contribution in [3.8, 4) is 11.5 Å². The zero-order chi connectivity index (χ0) is 22.0. The van der Waals surface area contributed by atoms with Crippen molar-refractivity contribution >= 4 is 35.1 Å². The van der Waals surface area contributed by atoms with Crippen molar-refractivity contribution in [2.75, 3.05) is 23.0 Å². The lowest BCUT2D eigenvalue weighted by molar-refractivity contribution is -0.139. The monoisotopic (exact) mass is 422 g/mol. The summed E-state index contributed by atoms with van der Waals surface area (Å²) < 4.78 is 10.9. The number of nitrogens with zero attached hydrogens (tertiary/aromatic N) is 2. The highest BCUT2D eigenvalue weighted by molar-refractivity contribution is 6.19. The first-order valence-electron chi connectivity index (χ1n) is 10.2. The molecule has 0 aromatic heterocycles. The predicted octanol–water partition coefficient (Wildman–Crippen LogP) is 2.70. The van der Waals surface area contributed by atoms with Gasteiger partial charge in [-0.2, -0.15) is 0 Å². The third-order valence-corrected chi connectivity index (χ3v) is 5.26. The summed E-state index contributed by atoms with van der Waals surface area (Å²) in [4.78, 5) is 51.7. The number of esters is 1. The van der Waals surface area contributed by atoms with Crippen LogP contribution in [0.5, 0.6) is 11.5 Å². The Morgan fingerprint density at radius 1 is 0.935 bits per heavy atom. The van der Waals surface area contributed by atoms with Gasteiger partial charge in [-0.25, -0.2) is 0 Å². The third-order valence-electron chi connectivity index (χ3n) is 5.26. The topological polar surface area (TPSA) is 93.2 Å². The Morgan fingerprint density at radius 2 is 1.65 bits per heavy atom. The molecule has 0 bridgehead atoms. The molecule has 31 heavy (non-hydrogen) atoms. The van der Waals surface area contributed by atoms with E-state index in [1.165, 1.54) is 6.07 Å². The summed E-state index contributed by atoms with van der Waals surface area (Å²) in [5.74, 6) is -0.920. The molecule has 8 heteroatoms. The molecular weight excluding hydrogens is 400 g/mol. The van der Waals surface area contributed by atoms with Crippen LogP contribution in [0.25, 0.3) is 0 Å². The summed E-state index contributed by atoms with van der Waals surface area (Å²) >= 11 is 0. The third kappa shape index (κ3) is 4.28. The molecule has 3 amide bonds. The minimum Gasteiger partial charge on any atom is -0.494 e. The molecule has 2 saturated heterocycles. The Kier molecular flexibility index (Phi) is 5.70. The van der Waals surface area contributed by atoms with Crippen LogP contribution in [0, 0.1) is 5.92 Å². The lowest BCUT2D eigenvalue weighted by atomic mass is 10.1. The average Bonchev–Trinajstić information content (AvgIpc) is 3.31. The molecule has 1 atom stereocenters. The van der Waals surface area contributed by atoms with Crippen molar-refractivity contribution < 1.29 is 28.7 Å². The SMILES string of the molecule is CCOc1ccc(N2C[C@@H](C(=O)Oc3cccc(N4C(=O)CCC4=O)c3)CC2=O)cc1. The quantitative estimate of drug-likeness (QED) is 0.404. The van der Waals surface area contributed by atoms with Crippen LogP contribution in [0.2, 0.25) is 0 Å². The van der Waals surface area contributed by atoms with Gasteiger partial charge in [0.2, 0.25) is 17.7 Å². The molecule has 4 rings (SSSR count). The first-order valence-corrected chi connectivity index (χ1v) is 10.2. The van der Waals surface area contributed by atoms with Crippen molar-refractivity contribution in [3.05, 3.63) is 48.5 Å². The van der Waals surface area contributed by atoms with Gasteiger partial charge in [-0.1, -0.05) is 6.07 Å². The molecule has 2 aromatic carbocycles. The Morgan fingerprint density at radius 3 is 2.32 bits per heavy atom. The summed E-state index contributed by atoms with van der Waals surface area (Å²) in [6.07, 6.45) is 0.400. The van der Waals surface area contributed by atoms with E-state index in [9.17, 15) is 19.2 Å². The number of hydrogen-bond acceptors (Lipinski definition) is 6. The minimum atomic E-state index is -0.613. The lowest BCUT2D eigenvalue weighted by Gasteiger charge is -2.17. The minimum absolute atomic E-state index is 0.0504. The molecule has 0 aliphatic carbocycles. The van der Waals surface area contributed by atoms with Crippen LogP contribution in [-0.4, -0.2) is 36.8 Å². The summed E-state index contributed by atoms with van der Waals surface area (Å²) in [6.45, 7) is 2.66. The normalized spacial score (nSPS) is 18.6. The van der Waals surface area contributed by atoms with E-state index in [4.69, 9.17) is 9.47 Å². The van der Waals surface area contributed by atoms with Gasteiger partial charge in [-0.15, -0.1) is 0 Å². The van der Waals surface area contributed by atoms with Crippen LogP contribution in [0.1, 0.15) is 26.2 Å². The van der Waals surface area contributed by atoms with Crippen molar-refractivity contribution in [2.45, 2.75) is 26.2 Å². The molecule has 0 spiro atoms. The van der Waals surface area contributed by atoms with Gasteiger partial charge < -0.3 is 14.4 Å². The smallest absolute Gasteiger partial charge is 0.316 e. The number of amides is 3. The molecule has 0 radical (unpaired) electrons. The Labute approximate surface area is 179 Å². The fourth-order valence-corrected chi connectivity index (χ4v) is 3.75. The molecule has 8 nitrogen and oxygen atoms in total. The zero-order valence-corrected chi connectivity index (χ0v) is 17.1. The molecule has 0 saturated carbocycles. The number of ether oxygens (including phenoxy) is 2. The lowest BCUT2D eigenvalue weighted by Crippen LogP contribution is -2.29. The fourth-order valence-electron chi connectivity index (χ4n) is 3.75. The highest BCUT2D eigenvalue weighted by Gasteiger charge is 2.37. The molecule has 0 unspecified atom stereocenters. The first kappa shape index (κ1) is 20.6. The maximum atomic E-state index is 12.7. The predicted molar refractivity (Wildman–Crippen MR) is 112 cm³/mol. The van der Waals surface area contributed by atoms with Gasteiger partial charge in [-0.3, -0.25) is 24.1 Å². The van der Waals surface area contributed by atoms with E-state index in [-0.39, 0.29) is 49.3 Å². The standard InChI is InChI=1S/C23H22N2O6/c1-2-30-18-8-6-16(7-9-18)24-14-15(12-22(24)28)23(29)31-19-5-3-4-17(13-19)25-20(26)10-11-21(25)27/h3-9,13,15H,2,10-12,14H2,1H3/t15-/m0/s1. The van der Waals surface area contributed by atoms with Gasteiger partial charge >= 0.3 is 5.97 Å². The van der Waals surface area contributed by atoms with E-state index >= 15 is 0 Å². The largest absolute Gasteiger partial charge is 0.494 e. The number of benzene rings is 2. The van der Waals surface area contributed by atoms with Crippen LogP contribution in [-0.2, 0) is 19.2 Å². The van der Waals surface area contributed by atoms with Crippen LogP contribution >= 0.6 is 0 Å². The molecule has 0 N–H and O–H groups in total. The van der Waals surface area contributed by atoms with Gasteiger partial charge in [0.25, 0.3) is 0 Å². The molecular formula is C23H22N2O6. The molecule has 160 valence electrons. The second kappa shape index (κ2) is 8.59. The van der Waals surface area contributed by atoms with E-state index < -0.39 is 11.9 Å². The number of carbonyl (C=O) groups is 4. The highest BCUT2D eigenvalue weighted by atomic mass is 16.5. The fraction of sp³-hybridized carbons (Fsp3) is 0.304. The van der Waals surface area contributed by atoms with Crippen LogP contribution < -0.4 is 19.3 Å². The van der Waals surface area contributed by atoms with Crippen LogP contribution in [0.4, 0.5) is 11.4 Å². The van der Waals surface area contributed by atoms with E-state index in [0.29, 0.717) is 23.7 Å². The van der Waals surface area contributed by atoms with E-state index in [2.05, 4.69) is 0 Å². The molecule has 2 aromatic rings. The van der Waals surface area contributed by atoms with Gasteiger partial charge in [-0.05, 0) is 43.3 Å². The summed E-state index contributed by atoms with van der Waals surface area (Å²) in [5, 5.41) is 0. The van der Waals surface area contributed by atoms with Crippen molar-refractivity contribution in [1.29, 1.82) is 0 Å². The van der Waals surface area contributed by atoms with E-state index in [0.717, 1.165) is 4.90 Å². The number of hydrogen-bond donors (Lipinski definition) is 0. The van der Waals surface area contributed by atoms with Crippen molar-refractivity contribution in [1.82, 2.24) is 0 Å². The van der Waals surface area contributed by atoms with Crippen molar-refractivity contribution in [3.63, 3.8) is 0 Å². The summed E-state index contributed by atoms with van der Waals surface area (Å²) in [6, 6.07) is 13.4. The average molecular weight is 422 g/mol. The number of rotatable bonds is 6. The number of carbonyl (C=O) groups excluding carboxylic acids is 4. The molecule has 2 heterocycles. The Balaban J connectivity index is 1.42. The number of imide groups is 1. The van der Waals surface area contributed by atoms with Gasteiger partial charge in [0, 0.05) is 37.6 Å². The first-order chi connectivity index (χ1) is 15.0. The van der Waals surface area contributed by atoms with Gasteiger partial charge in [0.05, 0.1) is 18.2 Å². The maximum absolute atomic E-state index is 12.7. The van der Waals surface area contributed by atoms with E-state index in [1.807, 2.05) is 6.92 Å². The molecule has 2 aliphatic rings. The highest BCUT2D eigenvalue weighted by Crippen LogP contribution is 2.30. The van der Waals surface area contributed by atoms with E-state index in [1.54, 1.807) is 47.4 Å². The second-order valence-electron chi connectivity index (χ2n) is 7.37. The Bertz CT molecular complexity index is 1020. The number of anilines is 2. The maximum Gasteiger partial charge on any atom is 0.316 e. The molecule has 2 aliphatic heterocycles. The van der Waals surface area contributed by atoms with Gasteiger partial charge in [0.1, 0.15) is 11.5 Å². The van der Waals surface area contributed by atoms with Crippen molar-refractivity contribution in [2.24, 2.45) is 5.92 Å².